The second-order valence-corrected chi connectivity index (χ2v) is 6.19. The second kappa shape index (κ2) is 15.7. The molecule has 142 valence electrons. The summed E-state index contributed by atoms with van der Waals surface area (Å²) in [5.74, 6) is -0.529. The van der Waals surface area contributed by atoms with Crippen LogP contribution in [0.15, 0.2) is 36.9 Å². The van der Waals surface area contributed by atoms with Crippen LogP contribution < -0.4 is 0 Å². The first-order chi connectivity index (χ1) is 12.0. The van der Waals surface area contributed by atoms with Crippen LogP contribution in [0, 0.1) is 0 Å². The largest absolute Gasteiger partial charge is 0.508 e. The number of carboxylic acids is 1. The molecular formula is C21H34O4. The van der Waals surface area contributed by atoms with Gasteiger partial charge < -0.3 is 14.9 Å². The van der Waals surface area contributed by atoms with E-state index in [-0.39, 0.29) is 0 Å². The number of aromatic hydroxyl groups is 1. The molecule has 25 heavy (non-hydrogen) atoms. The number of aliphatic carboxylic acids is 1. The van der Waals surface area contributed by atoms with Gasteiger partial charge in [0.25, 0.3) is 0 Å². The molecule has 1 aromatic carbocycles. The Balaban J connectivity index is 0.000000520. The van der Waals surface area contributed by atoms with E-state index in [4.69, 9.17) is 9.84 Å². The third kappa shape index (κ3) is 16.8. The number of para-hydroxylation sites is 1. The summed E-state index contributed by atoms with van der Waals surface area (Å²) in [5.41, 5.74) is 1.09. The molecule has 0 bridgehead atoms. The zero-order valence-electron chi connectivity index (χ0n) is 15.7. The van der Waals surface area contributed by atoms with Crippen LogP contribution in [0.3, 0.4) is 0 Å². The minimum atomic E-state index is -0.981. The van der Waals surface area contributed by atoms with Crippen LogP contribution in [0.1, 0.15) is 64.4 Å². The highest BCUT2D eigenvalue weighted by atomic mass is 16.6. The van der Waals surface area contributed by atoms with Crippen molar-refractivity contribution in [3.63, 3.8) is 0 Å². The maximum atomic E-state index is 9.58. The van der Waals surface area contributed by atoms with E-state index in [0.717, 1.165) is 24.7 Å². The normalized spacial score (nSPS) is 14.4. The number of benzene rings is 1. The van der Waals surface area contributed by atoms with E-state index in [1.165, 1.54) is 44.9 Å². The monoisotopic (exact) mass is 350 g/mol. The van der Waals surface area contributed by atoms with E-state index in [1.54, 1.807) is 6.07 Å². The zero-order valence-corrected chi connectivity index (χ0v) is 15.7. The van der Waals surface area contributed by atoms with Gasteiger partial charge in [0, 0.05) is 6.08 Å². The lowest BCUT2D eigenvalue weighted by atomic mass is 10.0. The molecule has 2 rings (SSSR count). The van der Waals surface area contributed by atoms with Gasteiger partial charge in [-0.1, -0.05) is 70.2 Å². The van der Waals surface area contributed by atoms with Crippen LogP contribution in [0.25, 0.3) is 0 Å². The summed E-state index contributed by atoms with van der Waals surface area (Å²) >= 11 is 0. The van der Waals surface area contributed by atoms with Crippen molar-refractivity contribution >= 4 is 5.97 Å². The zero-order chi connectivity index (χ0) is 18.9. The van der Waals surface area contributed by atoms with E-state index in [0.29, 0.717) is 11.9 Å². The van der Waals surface area contributed by atoms with Crippen molar-refractivity contribution in [3.05, 3.63) is 42.5 Å². The number of phenols is 1. The van der Waals surface area contributed by atoms with Crippen molar-refractivity contribution in [2.45, 2.75) is 71.3 Å². The molecule has 1 fully saturated rings. The van der Waals surface area contributed by atoms with Gasteiger partial charge in [0.15, 0.2) is 0 Å². The standard InChI is InChI=1S/C15H24O.C3H4O2.C3H6O/c1-2-3-4-5-6-7-8-11-14-12-9-10-13-15(14)16;1-2-3(4)5;1-3-2-4-3/h9-10,12-13,16H,2-8,11H2,1H3;2H,1H2,(H,4,5);3H,2H2,1H3. The average molecular weight is 350 g/mol. The first-order valence-electron chi connectivity index (χ1n) is 9.25. The molecule has 0 saturated carbocycles. The van der Waals surface area contributed by atoms with Gasteiger partial charge in [-0.2, -0.15) is 0 Å². The predicted octanol–water partition coefficient (Wildman–Crippen LogP) is 5.35. The van der Waals surface area contributed by atoms with Crippen LogP contribution in [-0.2, 0) is 16.0 Å². The molecule has 0 aliphatic carbocycles. The first kappa shape index (κ1) is 23.2. The van der Waals surface area contributed by atoms with E-state index < -0.39 is 5.97 Å². The lowest BCUT2D eigenvalue weighted by molar-refractivity contribution is -0.131. The minimum Gasteiger partial charge on any atom is -0.508 e. The summed E-state index contributed by atoms with van der Waals surface area (Å²) in [6.07, 6.45) is 11.7. The Kier molecular flexibility index (Phi) is 14.6. The van der Waals surface area contributed by atoms with Gasteiger partial charge >= 0.3 is 5.97 Å². The average Bonchev–Trinajstić information content (AvgIpc) is 3.39. The van der Waals surface area contributed by atoms with Crippen LogP contribution in [0.2, 0.25) is 0 Å². The third-order valence-corrected chi connectivity index (χ3v) is 3.72. The Morgan fingerprint density at radius 3 is 2.12 bits per heavy atom. The van der Waals surface area contributed by atoms with Crippen molar-refractivity contribution < 1.29 is 19.7 Å². The van der Waals surface area contributed by atoms with Gasteiger partial charge in [0.05, 0.1) is 12.7 Å². The van der Waals surface area contributed by atoms with Crippen molar-refractivity contribution in [3.8, 4) is 5.75 Å². The Morgan fingerprint density at radius 2 is 1.68 bits per heavy atom. The molecule has 1 aromatic rings. The molecule has 0 aromatic heterocycles. The number of unbranched alkanes of at least 4 members (excludes halogenated alkanes) is 6. The lowest BCUT2D eigenvalue weighted by Crippen LogP contribution is -1.87. The fourth-order valence-electron chi connectivity index (χ4n) is 2.09. The van der Waals surface area contributed by atoms with Crippen LogP contribution in [0.5, 0.6) is 5.75 Å². The van der Waals surface area contributed by atoms with Crippen LogP contribution >= 0.6 is 0 Å². The number of rotatable bonds is 9. The van der Waals surface area contributed by atoms with Crippen molar-refractivity contribution in [2.75, 3.05) is 6.61 Å². The van der Waals surface area contributed by atoms with E-state index in [1.807, 2.05) is 18.2 Å². The molecule has 1 saturated heterocycles. The van der Waals surface area contributed by atoms with Gasteiger partial charge in [0.2, 0.25) is 0 Å². The number of carbonyl (C=O) groups is 1. The van der Waals surface area contributed by atoms with E-state index in [2.05, 4.69) is 20.4 Å². The highest BCUT2D eigenvalue weighted by Gasteiger charge is 2.13. The summed E-state index contributed by atoms with van der Waals surface area (Å²) in [6.45, 7) is 8.25. The van der Waals surface area contributed by atoms with Crippen molar-refractivity contribution in [1.82, 2.24) is 0 Å². The van der Waals surface area contributed by atoms with Gasteiger partial charge in [-0.15, -0.1) is 0 Å². The molecule has 1 atom stereocenters. The highest BCUT2D eigenvalue weighted by Crippen LogP contribution is 2.18. The predicted molar refractivity (Wildman–Crippen MR) is 103 cm³/mol. The summed E-state index contributed by atoms with van der Waals surface area (Å²) in [5, 5.41) is 17.2. The van der Waals surface area contributed by atoms with E-state index in [9.17, 15) is 9.90 Å². The quantitative estimate of drug-likeness (QED) is 0.358. The van der Waals surface area contributed by atoms with E-state index >= 15 is 0 Å². The molecule has 4 nitrogen and oxygen atoms in total. The molecule has 2 N–H and O–H groups in total. The smallest absolute Gasteiger partial charge is 0.327 e. The lowest BCUT2D eigenvalue weighted by Gasteiger charge is -2.04. The summed E-state index contributed by atoms with van der Waals surface area (Å²) in [7, 11) is 0. The number of phenolic OH excluding ortho intramolecular Hbond substituents is 1. The highest BCUT2D eigenvalue weighted by molar-refractivity contribution is 5.78. The summed E-state index contributed by atoms with van der Waals surface area (Å²) in [6, 6.07) is 7.67. The molecule has 1 aliphatic heterocycles. The SMILES string of the molecule is C=CC(=O)O.CC1CO1.CCCCCCCCCc1ccccc1O. The van der Waals surface area contributed by atoms with Gasteiger partial charge in [-0.3, -0.25) is 0 Å². The molecular weight excluding hydrogens is 316 g/mol. The number of ether oxygens (including phenoxy) is 1. The number of carboxylic acid groups (broad SMARTS) is 1. The fraction of sp³-hybridized carbons (Fsp3) is 0.571. The number of aryl methyl sites for hydroxylation is 1. The molecule has 0 spiro atoms. The third-order valence-electron chi connectivity index (χ3n) is 3.72. The number of epoxide rings is 1. The molecule has 0 amide bonds. The van der Waals surface area contributed by atoms with Crippen molar-refractivity contribution in [2.24, 2.45) is 0 Å². The van der Waals surface area contributed by atoms with Gasteiger partial charge in [-0.25, -0.2) is 4.79 Å². The minimum absolute atomic E-state index is 0.452. The first-order valence-corrected chi connectivity index (χ1v) is 9.25. The van der Waals surface area contributed by atoms with Crippen LogP contribution in [0.4, 0.5) is 0 Å². The molecule has 4 heteroatoms. The Hall–Kier alpha value is -1.81. The van der Waals surface area contributed by atoms with Crippen molar-refractivity contribution in [1.29, 1.82) is 0 Å². The molecule has 0 radical (unpaired) electrons. The summed E-state index contributed by atoms with van der Waals surface area (Å²) in [4.78, 5) is 9.25. The maximum Gasteiger partial charge on any atom is 0.327 e. The number of hydrogen-bond acceptors (Lipinski definition) is 3. The Labute approximate surface area is 152 Å². The summed E-state index contributed by atoms with van der Waals surface area (Å²) < 4.78 is 4.71. The molecule has 1 heterocycles. The maximum absolute atomic E-state index is 9.58. The molecule has 1 aliphatic rings. The second-order valence-electron chi connectivity index (χ2n) is 6.19. The van der Waals surface area contributed by atoms with Crippen LogP contribution in [-0.4, -0.2) is 28.9 Å². The number of hydrogen-bond donors (Lipinski definition) is 2. The fourth-order valence-corrected chi connectivity index (χ4v) is 2.09. The van der Waals surface area contributed by atoms with Gasteiger partial charge in [0.1, 0.15) is 5.75 Å². The molecule has 1 unspecified atom stereocenters. The topological polar surface area (TPSA) is 70.1 Å². The Bertz CT molecular complexity index is 467. The van der Waals surface area contributed by atoms with Gasteiger partial charge in [-0.05, 0) is 31.4 Å². The Morgan fingerprint density at radius 1 is 1.20 bits per heavy atom.